The van der Waals surface area contributed by atoms with Crippen LogP contribution in [0.3, 0.4) is 0 Å². The fourth-order valence-corrected chi connectivity index (χ4v) is 2.63. The molecular weight excluding hydrogens is 296 g/mol. The second-order valence-corrected chi connectivity index (χ2v) is 5.72. The van der Waals surface area contributed by atoms with Gasteiger partial charge in [0.05, 0.1) is 5.56 Å². The van der Waals surface area contributed by atoms with Crippen LogP contribution in [0.4, 0.5) is 0 Å². The molecule has 1 fully saturated rings. The van der Waals surface area contributed by atoms with Crippen LogP contribution >= 0.6 is 23.8 Å². The SMILES string of the molecule is NC(=S)c1ccc(Cl)cc1OCC(=O)NC1CCCC1. The molecule has 0 atom stereocenters. The van der Waals surface area contributed by atoms with Crippen LogP contribution in [0.2, 0.25) is 5.02 Å². The highest BCUT2D eigenvalue weighted by Crippen LogP contribution is 2.23. The number of hydrogen-bond donors (Lipinski definition) is 2. The van der Waals surface area contributed by atoms with Gasteiger partial charge in [0.2, 0.25) is 0 Å². The van der Waals surface area contributed by atoms with Crippen LogP contribution in [0.1, 0.15) is 31.2 Å². The molecule has 1 amide bonds. The quantitative estimate of drug-likeness (QED) is 0.820. The third kappa shape index (κ3) is 4.08. The summed E-state index contributed by atoms with van der Waals surface area (Å²) in [5.74, 6) is 0.303. The molecule has 0 aliphatic heterocycles. The summed E-state index contributed by atoms with van der Waals surface area (Å²) in [5, 5.41) is 3.46. The zero-order chi connectivity index (χ0) is 14.5. The highest BCUT2D eigenvalue weighted by molar-refractivity contribution is 7.80. The number of thiocarbonyl (C=S) groups is 1. The molecule has 0 heterocycles. The number of benzene rings is 1. The lowest BCUT2D eigenvalue weighted by atomic mass is 10.2. The van der Waals surface area contributed by atoms with Crippen LogP contribution in [0.25, 0.3) is 0 Å². The molecule has 4 nitrogen and oxygen atoms in total. The van der Waals surface area contributed by atoms with Crippen molar-refractivity contribution >= 4 is 34.7 Å². The molecular formula is C14H17ClN2O2S. The Morgan fingerprint density at radius 2 is 2.15 bits per heavy atom. The van der Waals surface area contributed by atoms with Crippen molar-refractivity contribution in [3.8, 4) is 5.75 Å². The number of hydrogen-bond acceptors (Lipinski definition) is 3. The molecule has 1 aliphatic rings. The summed E-state index contributed by atoms with van der Waals surface area (Å²) in [7, 11) is 0. The van der Waals surface area contributed by atoms with E-state index in [9.17, 15) is 4.79 Å². The van der Waals surface area contributed by atoms with Crippen LogP contribution in [-0.4, -0.2) is 23.5 Å². The number of amides is 1. The van der Waals surface area contributed by atoms with Gasteiger partial charge in [-0.1, -0.05) is 36.7 Å². The highest BCUT2D eigenvalue weighted by Gasteiger charge is 2.17. The largest absolute Gasteiger partial charge is 0.483 e. The highest BCUT2D eigenvalue weighted by atomic mass is 35.5. The Kier molecular flexibility index (Phi) is 5.20. The van der Waals surface area contributed by atoms with Crippen molar-refractivity contribution in [2.75, 3.05) is 6.61 Å². The zero-order valence-corrected chi connectivity index (χ0v) is 12.6. The van der Waals surface area contributed by atoms with Crippen molar-refractivity contribution in [1.82, 2.24) is 5.32 Å². The van der Waals surface area contributed by atoms with Gasteiger partial charge in [-0.25, -0.2) is 0 Å². The van der Waals surface area contributed by atoms with Crippen molar-refractivity contribution in [1.29, 1.82) is 0 Å². The van der Waals surface area contributed by atoms with Gasteiger partial charge in [0.25, 0.3) is 5.91 Å². The van der Waals surface area contributed by atoms with E-state index in [1.807, 2.05) is 0 Å². The van der Waals surface area contributed by atoms with E-state index >= 15 is 0 Å². The number of rotatable bonds is 5. The maximum Gasteiger partial charge on any atom is 0.258 e. The van der Waals surface area contributed by atoms with Gasteiger partial charge in [-0.15, -0.1) is 0 Å². The number of ether oxygens (including phenoxy) is 1. The average Bonchev–Trinajstić information content (AvgIpc) is 2.89. The maximum atomic E-state index is 11.8. The molecule has 0 bridgehead atoms. The minimum absolute atomic E-state index is 0.0630. The second-order valence-electron chi connectivity index (χ2n) is 4.84. The predicted octanol–water partition coefficient (Wildman–Crippen LogP) is 2.41. The Labute approximate surface area is 128 Å². The summed E-state index contributed by atoms with van der Waals surface area (Å²) >= 11 is 10.9. The van der Waals surface area contributed by atoms with Gasteiger partial charge in [-0.2, -0.15) is 0 Å². The molecule has 1 saturated carbocycles. The molecule has 1 aromatic rings. The Balaban J connectivity index is 1.94. The fraction of sp³-hybridized carbons (Fsp3) is 0.429. The summed E-state index contributed by atoms with van der Waals surface area (Å²) in [6.45, 7) is -0.0630. The summed E-state index contributed by atoms with van der Waals surface area (Å²) in [4.78, 5) is 12.0. The van der Waals surface area contributed by atoms with Gasteiger partial charge in [0.15, 0.2) is 6.61 Å². The minimum atomic E-state index is -0.134. The van der Waals surface area contributed by atoms with Gasteiger partial charge in [0.1, 0.15) is 10.7 Å². The molecule has 2 rings (SSSR count). The van der Waals surface area contributed by atoms with Gasteiger partial charge < -0.3 is 15.8 Å². The number of carbonyl (C=O) groups is 1. The van der Waals surface area contributed by atoms with Gasteiger partial charge >= 0.3 is 0 Å². The van der Waals surface area contributed by atoms with Gasteiger partial charge in [0, 0.05) is 11.1 Å². The van der Waals surface area contributed by atoms with E-state index in [0.29, 0.717) is 16.3 Å². The van der Waals surface area contributed by atoms with Gasteiger partial charge in [-0.05, 0) is 31.0 Å². The van der Waals surface area contributed by atoms with Crippen molar-refractivity contribution in [2.45, 2.75) is 31.7 Å². The summed E-state index contributed by atoms with van der Waals surface area (Å²) < 4.78 is 5.49. The van der Waals surface area contributed by atoms with Crippen LogP contribution in [0.15, 0.2) is 18.2 Å². The Bertz CT molecular complexity index is 516. The number of nitrogens with one attached hydrogen (secondary N) is 1. The molecule has 0 saturated heterocycles. The number of carbonyl (C=O) groups excluding carboxylic acids is 1. The van der Waals surface area contributed by atoms with Gasteiger partial charge in [-0.3, -0.25) is 4.79 Å². The first kappa shape index (κ1) is 15.1. The molecule has 6 heteroatoms. The second kappa shape index (κ2) is 6.90. The van der Waals surface area contributed by atoms with E-state index in [4.69, 9.17) is 34.3 Å². The topological polar surface area (TPSA) is 64.3 Å². The van der Waals surface area contributed by atoms with E-state index in [-0.39, 0.29) is 23.5 Å². The lowest BCUT2D eigenvalue weighted by Gasteiger charge is -2.14. The number of nitrogens with two attached hydrogens (primary N) is 1. The number of halogens is 1. The minimum Gasteiger partial charge on any atom is -0.483 e. The molecule has 0 unspecified atom stereocenters. The molecule has 0 spiro atoms. The van der Waals surface area contributed by atoms with Crippen molar-refractivity contribution in [3.05, 3.63) is 28.8 Å². The maximum absolute atomic E-state index is 11.8. The first-order valence-corrected chi connectivity index (χ1v) is 7.36. The fourth-order valence-electron chi connectivity index (χ4n) is 2.30. The molecule has 0 radical (unpaired) electrons. The lowest BCUT2D eigenvalue weighted by Crippen LogP contribution is -2.36. The third-order valence-electron chi connectivity index (χ3n) is 3.29. The Hall–Kier alpha value is -1.33. The molecule has 3 N–H and O–H groups in total. The Morgan fingerprint density at radius 3 is 2.80 bits per heavy atom. The van der Waals surface area contributed by atoms with E-state index in [1.54, 1.807) is 18.2 Å². The van der Waals surface area contributed by atoms with Crippen molar-refractivity contribution < 1.29 is 9.53 Å². The summed E-state index contributed by atoms with van der Waals surface area (Å²) in [5.41, 5.74) is 6.19. The van der Waals surface area contributed by atoms with E-state index in [2.05, 4.69) is 5.32 Å². The normalized spacial score (nSPS) is 15.1. The predicted molar refractivity (Wildman–Crippen MR) is 83.2 cm³/mol. The lowest BCUT2D eigenvalue weighted by molar-refractivity contribution is -0.123. The molecule has 1 aliphatic carbocycles. The zero-order valence-electron chi connectivity index (χ0n) is 11.0. The Morgan fingerprint density at radius 1 is 1.45 bits per heavy atom. The van der Waals surface area contributed by atoms with Crippen LogP contribution in [-0.2, 0) is 4.79 Å². The summed E-state index contributed by atoms with van der Waals surface area (Å²) in [6.07, 6.45) is 4.43. The first-order valence-electron chi connectivity index (χ1n) is 6.58. The average molecular weight is 313 g/mol. The standard InChI is InChI=1S/C14H17ClN2O2S/c15-9-5-6-11(14(16)20)12(7-9)19-8-13(18)17-10-3-1-2-4-10/h5-7,10H,1-4,8H2,(H2,16,20)(H,17,18). The van der Waals surface area contributed by atoms with Crippen molar-refractivity contribution in [3.63, 3.8) is 0 Å². The molecule has 108 valence electrons. The van der Waals surface area contributed by atoms with Crippen LogP contribution < -0.4 is 15.8 Å². The van der Waals surface area contributed by atoms with Crippen LogP contribution in [0, 0.1) is 0 Å². The first-order chi connectivity index (χ1) is 9.56. The smallest absolute Gasteiger partial charge is 0.258 e. The van der Waals surface area contributed by atoms with Crippen molar-refractivity contribution in [2.24, 2.45) is 5.73 Å². The van der Waals surface area contributed by atoms with E-state index in [0.717, 1.165) is 12.8 Å². The van der Waals surface area contributed by atoms with Crippen LogP contribution in [0.5, 0.6) is 5.75 Å². The third-order valence-corrected chi connectivity index (χ3v) is 3.74. The van der Waals surface area contributed by atoms with E-state index in [1.165, 1.54) is 12.8 Å². The summed E-state index contributed by atoms with van der Waals surface area (Å²) in [6, 6.07) is 5.26. The molecule has 20 heavy (non-hydrogen) atoms. The monoisotopic (exact) mass is 312 g/mol. The molecule has 0 aromatic heterocycles. The van der Waals surface area contributed by atoms with E-state index < -0.39 is 0 Å². The molecule has 1 aromatic carbocycles.